The quantitative estimate of drug-likeness (QED) is 0.216. The average molecular weight is 686 g/mol. The Morgan fingerprint density at radius 1 is 1.19 bits per heavy atom. The molecule has 0 unspecified atom stereocenters. The van der Waals surface area contributed by atoms with Gasteiger partial charge in [-0.2, -0.15) is 0 Å². The van der Waals surface area contributed by atoms with Crippen molar-refractivity contribution in [3.05, 3.63) is 106 Å². The lowest BCUT2D eigenvalue weighted by atomic mass is 9.94. The summed E-state index contributed by atoms with van der Waals surface area (Å²) in [5.41, 5.74) is 1.82. The van der Waals surface area contributed by atoms with Crippen molar-refractivity contribution in [2.75, 3.05) is 13.7 Å². The number of halogens is 2. The second-order valence-corrected chi connectivity index (χ2v) is 11.8. The fourth-order valence-corrected chi connectivity index (χ4v) is 6.67. The zero-order chi connectivity index (χ0) is 30.8. The summed E-state index contributed by atoms with van der Waals surface area (Å²) in [5.74, 6) is -0.182. The van der Waals surface area contributed by atoms with Crippen LogP contribution in [-0.4, -0.2) is 35.3 Å². The number of benzene rings is 2. The summed E-state index contributed by atoms with van der Waals surface area (Å²) in [6.07, 6.45) is 2.88. The Kier molecular flexibility index (Phi) is 9.05. The lowest BCUT2D eigenvalue weighted by Crippen LogP contribution is -2.40. The lowest BCUT2D eigenvalue weighted by Gasteiger charge is -2.26. The molecule has 4 aromatic rings. The topological polar surface area (TPSA) is 120 Å². The Morgan fingerprint density at radius 2 is 1.98 bits per heavy atom. The van der Waals surface area contributed by atoms with Crippen molar-refractivity contribution in [3.8, 4) is 17.1 Å². The molecule has 0 saturated carbocycles. The van der Waals surface area contributed by atoms with Crippen LogP contribution in [0, 0.1) is 0 Å². The molecule has 43 heavy (non-hydrogen) atoms. The predicted octanol–water partition coefficient (Wildman–Crippen LogP) is 5.96. The van der Waals surface area contributed by atoms with Gasteiger partial charge in [0.2, 0.25) is 0 Å². The molecular formula is C31H26BrClN2O7S. The highest BCUT2D eigenvalue weighted by molar-refractivity contribution is 9.10. The van der Waals surface area contributed by atoms with E-state index >= 15 is 0 Å². The summed E-state index contributed by atoms with van der Waals surface area (Å²) in [6.45, 7) is 3.91. The third-order valence-electron chi connectivity index (χ3n) is 6.77. The van der Waals surface area contributed by atoms with Gasteiger partial charge in [0.1, 0.15) is 17.3 Å². The van der Waals surface area contributed by atoms with Crippen LogP contribution < -0.4 is 19.6 Å². The molecule has 2 aromatic carbocycles. The number of carboxylic acid groups (broad SMARTS) is 1. The van der Waals surface area contributed by atoms with E-state index in [1.807, 2.05) is 19.1 Å². The van der Waals surface area contributed by atoms with Gasteiger partial charge in [-0.15, -0.1) is 0 Å². The van der Waals surface area contributed by atoms with Crippen LogP contribution in [0.25, 0.3) is 17.4 Å². The number of furan rings is 1. The fraction of sp³-hybridized carbons (Fsp3) is 0.226. The van der Waals surface area contributed by atoms with Crippen LogP contribution in [0.2, 0.25) is 5.02 Å². The van der Waals surface area contributed by atoms with E-state index in [1.165, 1.54) is 28.0 Å². The van der Waals surface area contributed by atoms with Crippen molar-refractivity contribution < 1.29 is 28.6 Å². The number of aromatic carboxylic acids is 1. The largest absolute Gasteiger partial charge is 0.496 e. The molecule has 0 saturated heterocycles. The number of carbonyl (C=O) groups excluding carboxylic acids is 1. The summed E-state index contributed by atoms with van der Waals surface area (Å²) in [4.78, 5) is 43.9. The Bertz CT molecular complexity index is 1960. The third-order valence-corrected chi connectivity index (χ3v) is 8.68. The Balaban J connectivity index is 1.65. The molecule has 1 aliphatic rings. The maximum absolute atomic E-state index is 14.0. The van der Waals surface area contributed by atoms with Crippen molar-refractivity contribution in [1.82, 2.24) is 4.57 Å². The van der Waals surface area contributed by atoms with Crippen LogP contribution in [0.15, 0.2) is 78.5 Å². The summed E-state index contributed by atoms with van der Waals surface area (Å²) in [7, 11) is 1.56. The fourth-order valence-electron chi connectivity index (χ4n) is 4.85. The molecule has 0 amide bonds. The van der Waals surface area contributed by atoms with Gasteiger partial charge < -0.3 is 19.0 Å². The van der Waals surface area contributed by atoms with Crippen molar-refractivity contribution in [1.29, 1.82) is 0 Å². The molecule has 0 radical (unpaired) electrons. The van der Waals surface area contributed by atoms with Gasteiger partial charge in [0.25, 0.3) is 5.56 Å². The standard InChI is InChI=1S/C31H26BrClN2O7S/c1-4-6-22-26(30(39)41-5-2)27(17-8-11-24(40-3)20(32)13-17)35-28(36)25(43-31(35)34-22)15-18-9-12-23(42-18)16-7-10-19(29(37)38)21(33)14-16/h7-15,27H,4-6H2,1-3H3,(H,37,38)/b25-15-/t27-/m1/s1. The van der Waals surface area contributed by atoms with E-state index in [4.69, 9.17) is 30.5 Å². The van der Waals surface area contributed by atoms with E-state index in [9.17, 15) is 19.5 Å². The molecule has 1 aliphatic heterocycles. The van der Waals surface area contributed by atoms with Crippen molar-refractivity contribution in [2.45, 2.75) is 32.7 Å². The molecule has 0 fully saturated rings. The van der Waals surface area contributed by atoms with Crippen LogP contribution in [-0.2, 0) is 9.53 Å². The number of hydrogen-bond donors (Lipinski definition) is 1. The SMILES string of the molecule is CCCC1=C(C(=O)OCC)[C@@H](c2ccc(OC)c(Br)c2)n2c(s/c(=C\c3ccc(-c4ccc(C(=O)O)c(Cl)c4)o3)c2=O)=N1. The van der Waals surface area contributed by atoms with E-state index in [-0.39, 0.29) is 22.8 Å². The minimum absolute atomic E-state index is 0.0126. The molecule has 3 heterocycles. The van der Waals surface area contributed by atoms with Crippen LogP contribution in [0.1, 0.15) is 54.4 Å². The van der Waals surface area contributed by atoms with Crippen LogP contribution in [0.4, 0.5) is 0 Å². The third kappa shape index (κ3) is 5.97. The molecular weight excluding hydrogens is 660 g/mol. The van der Waals surface area contributed by atoms with E-state index in [0.717, 1.165) is 6.42 Å². The summed E-state index contributed by atoms with van der Waals surface area (Å²) in [6, 6.07) is 12.6. The van der Waals surface area contributed by atoms with Gasteiger partial charge in [-0.25, -0.2) is 14.6 Å². The van der Waals surface area contributed by atoms with Gasteiger partial charge in [-0.3, -0.25) is 9.36 Å². The van der Waals surface area contributed by atoms with Crippen molar-refractivity contribution in [2.24, 2.45) is 4.99 Å². The minimum atomic E-state index is -1.12. The van der Waals surface area contributed by atoms with Crippen molar-refractivity contribution >= 4 is 56.9 Å². The molecule has 9 nitrogen and oxygen atoms in total. The van der Waals surface area contributed by atoms with Gasteiger partial charge in [-0.1, -0.05) is 48.4 Å². The number of aromatic nitrogens is 1. The molecule has 5 rings (SSSR count). The summed E-state index contributed by atoms with van der Waals surface area (Å²) < 4.78 is 19.4. The molecule has 222 valence electrons. The first-order chi connectivity index (χ1) is 20.7. The van der Waals surface area contributed by atoms with E-state index < -0.39 is 18.0 Å². The normalized spacial score (nSPS) is 14.8. The highest BCUT2D eigenvalue weighted by Gasteiger charge is 2.34. The van der Waals surface area contributed by atoms with Gasteiger partial charge >= 0.3 is 11.9 Å². The number of nitrogens with zero attached hydrogens (tertiary/aromatic N) is 2. The number of fused-ring (bicyclic) bond motifs is 1. The second-order valence-electron chi connectivity index (χ2n) is 9.51. The number of methoxy groups -OCH3 is 1. The van der Waals surface area contributed by atoms with Gasteiger partial charge in [0.05, 0.1) is 50.6 Å². The Morgan fingerprint density at radius 3 is 2.63 bits per heavy atom. The lowest BCUT2D eigenvalue weighted by molar-refractivity contribution is -0.139. The minimum Gasteiger partial charge on any atom is -0.496 e. The van der Waals surface area contributed by atoms with Crippen LogP contribution in [0.5, 0.6) is 5.75 Å². The van der Waals surface area contributed by atoms with Gasteiger partial charge in [0, 0.05) is 11.6 Å². The molecule has 1 atom stereocenters. The number of allylic oxidation sites excluding steroid dienone is 1. The molecule has 0 aliphatic carbocycles. The number of rotatable bonds is 9. The van der Waals surface area contributed by atoms with Gasteiger partial charge in [-0.05, 0) is 71.2 Å². The zero-order valence-corrected chi connectivity index (χ0v) is 26.5. The van der Waals surface area contributed by atoms with Gasteiger partial charge in [0.15, 0.2) is 4.80 Å². The summed E-state index contributed by atoms with van der Waals surface area (Å²) in [5, 5.41) is 9.34. The molecule has 0 bridgehead atoms. The van der Waals surface area contributed by atoms with Crippen molar-refractivity contribution in [3.63, 3.8) is 0 Å². The predicted molar refractivity (Wildman–Crippen MR) is 166 cm³/mol. The number of esters is 1. The maximum Gasteiger partial charge on any atom is 0.338 e. The Labute approximate surface area is 263 Å². The zero-order valence-electron chi connectivity index (χ0n) is 23.4. The number of thiazole rings is 1. The number of ether oxygens (including phenoxy) is 2. The number of carboxylic acids is 1. The first kappa shape index (κ1) is 30.5. The highest BCUT2D eigenvalue weighted by atomic mass is 79.9. The van der Waals surface area contributed by atoms with E-state index in [2.05, 4.69) is 15.9 Å². The molecule has 2 aromatic heterocycles. The Hall–Kier alpha value is -3.93. The smallest absolute Gasteiger partial charge is 0.338 e. The average Bonchev–Trinajstić information content (AvgIpc) is 3.56. The van der Waals surface area contributed by atoms with Crippen LogP contribution in [0.3, 0.4) is 0 Å². The molecule has 0 spiro atoms. The van der Waals surface area contributed by atoms with E-state index in [1.54, 1.807) is 44.4 Å². The van der Waals surface area contributed by atoms with Crippen LogP contribution >= 0.6 is 38.9 Å². The molecule has 1 N–H and O–H groups in total. The maximum atomic E-state index is 14.0. The number of hydrogen-bond acceptors (Lipinski definition) is 8. The first-order valence-electron chi connectivity index (χ1n) is 13.3. The molecule has 12 heteroatoms. The number of carbonyl (C=O) groups is 2. The van der Waals surface area contributed by atoms with E-state index in [0.29, 0.717) is 59.9 Å². The summed E-state index contributed by atoms with van der Waals surface area (Å²) >= 11 is 10.9. The monoisotopic (exact) mass is 684 g/mol. The second kappa shape index (κ2) is 12.7. The highest BCUT2D eigenvalue weighted by Crippen LogP contribution is 2.36. The first-order valence-corrected chi connectivity index (χ1v) is 15.3.